The molecule has 3 aromatic rings. The van der Waals surface area contributed by atoms with Crippen LogP contribution in [0.15, 0.2) is 51.4 Å². The fourth-order valence-corrected chi connectivity index (χ4v) is 3.99. The fraction of sp³-hybridized carbons (Fsp3) is 0.333. The Kier molecular flexibility index (Phi) is 5.36. The van der Waals surface area contributed by atoms with Gasteiger partial charge in [-0.15, -0.1) is 10.2 Å². The van der Waals surface area contributed by atoms with E-state index in [2.05, 4.69) is 31.0 Å². The zero-order chi connectivity index (χ0) is 18.8. The van der Waals surface area contributed by atoms with Crippen molar-refractivity contribution in [3.63, 3.8) is 0 Å². The number of aromatic nitrogens is 2. The molecule has 0 aliphatic carbocycles. The number of rotatable bonds is 4. The first-order valence-corrected chi connectivity index (χ1v) is 10.0. The second kappa shape index (κ2) is 7.90. The zero-order valence-electron chi connectivity index (χ0n) is 15.2. The molecule has 1 aliphatic rings. The third-order valence-corrected chi connectivity index (χ3v) is 5.97. The largest absolute Gasteiger partial charge is 0.419 e. The topological polar surface area (TPSA) is 42.2 Å². The predicted molar refractivity (Wildman–Crippen MR) is 106 cm³/mol. The molecule has 0 N–H and O–H groups in total. The van der Waals surface area contributed by atoms with Gasteiger partial charge in [0.25, 0.3) is 0 Å². The molecule has 0 radical (unpaired) electrons. The molecule has 1 fully saturated rings. The van der Waals surface area contributed by atoms with Crippen molar-refractivity contribution in [2.75, 3.05) is 13.1 Å². The number of nitrogens with zero attached hydrogens (tertiary/aromatic N) is 3. The van der Waals surface area contributed by atoms with Crippen LogP contribution in [0.2, 0.25) is 0 Å². The summed E-state index contributed by atoms with van der Waals surface area (Å²) >= 11 is 3.55. The van der Waals surface area contributed by atoms with E-state index in [1.165, 1.54) is 18.6 Å². The van der Waals surface area contributed by atoms with Gasteiger partial charge in [0.1, 0.15) is 11.9 Å². The van der Waals surface area contributed by atoms with Crippen molar-refractivity contribution in [3.8, 4) is 11.5 Å². The van der Waals surface area contributed by atoms with Crippen LogP contribution in [0.3, 0.4) is 0 Å². The molecule has 0 amide bonds. The van der Waals surface area contributed by atoms with Gasteiger partial charge in [0.05, 0.1) is 0 Å². The molecular weight excluding hydrogens is 409 g/mol. The van der Waals surface area contributed by atoms with E-state index in [1.807, 2.05) is 37.3 Å². The van der Waals surface area contributed by atoms with Crippen LogP contribution in [-0.2, 0) is 0 Å². The third kappa shape index (κ3) is 3.82. The number of benzene rings is 2. The lowest BCUT2D eigenvalue weighted by Crippen LogP contribution is -2.34. The zero-order valence-corrected chi connectivity index (χ0v) is 16.7. The van der Waals surface area contributed by atoms with Crippen molar-refractivity contribution < 1.29 is 8.81 Å². The third-order valence-electron chi connectivity index (χ3n) is 5.11. The Morgan fingerprint density at radius 3 is 2.52 bits per heavy atom. The molecule has 1 unspecified atom stereocenters. The molecular formula is C21H21BrFN3O. The van der Waals surface area contributed by atoms with Crippen molar-refractivity contribution >= 4 is 15.9 Å². The smallest absolute Gasteiger partial charge is 0.248 e. The summed E-state index contributed by atoms with van der Waals surface area (Å²) in [6.07, 6.45) is 3.52. The summed E-state index contributed by atoms with van der Waals surface area (Å²) in [4.78, 5) is 2.35. The lowest BCUT2D eigenvalue weighted by atomic mass is 10.0. The fourth-order valence-electron chi connectivity index (χ4n) is 3.62. The molecule has 0 bridgehead atoms. The van der Waals surface area contributed by atoms with Gasteiger partial charge in [-0.2, -0.15) is 0 Å². The Morgan fingerprint density at radius 2 is 1.78 bits per heavy atom. The molecule has 27 heavy (non-hydrogen) atoms. The molecule has 1 atom stereocenters. The predicted octanol–water partition coefficient (Wildman–Crippen LogP) is 5.52. The van der Waals surface area contributed by atoms with Gasteiger partial charge >= 0.3 is 0 Å². The summed E-state index contributed by atoms with van der Waals surface area (Å²) < 4.78 is 20.6. The van der Waals surface area contributed by atoms with E-state index in [-0.39, 0.29) is 11.9 Å². The number of piperidine rings is 1. The Morgan fingerprint density at radius 1 is 1.04 bits per heavy atom. The van der Waals surface area contributed by atoms with E-state index in [0.29, 0.717) is 11.8 Å². The van der Waals surface area contributed by atoms with Gasteiger partial charge in [0, 0.05) is 10.0 Å². The van der Waals surface area contributed by atoms with E-state index in [1.54, 1.807) is 0 Å². The first kappa shape index (κ1) is 18.3. The van der Waals surface area contributed by atoms with Gasteiger partial charge in [0.15, 0.2) is 0 Å². The van der Waals surface area contributed by atoms with Crippen LogP contribution in [0, 0.1) is 12.7 Å². The normalized spacial score (nSPS) is 16.4. The van der Waals surface area contributed by atoms with Crippen molar-refractivity contribution in [1.82, 2.24) is 15.1 Å². The van der Waals surface area contributed by atoms with Crippen LogP contribution >= 0.6 is 15.9 Å². The number of hydrogen-bond donors (Lipinski definition) is 0. The summed E-state index contributed by atoms with van der Waals surface area (Å²) in [6.45, 7) is 3.96. The van der Waals surface area contributed by atoms with E-state index in [9.17, 15) is 4.39 Å². The Hall–Kier alpha value is -2.05. The lowest BCUT2D eigenvalue weighted by Gasteiger charge is -2.32. The van der Waals surface area contributed by atoms with E-state index >= 15 is 0 Å². The van der Waals surface area contributed by atoms with Crippen LogP contribution < -0.4 is 0 Å². The van der Waals surface area contributed by atoms with Crippen LogP contribution in [0.5, 0.6) is 0 Å². The van der Waals surface area contributed by atoms with E-state index in [4.69, 9.17) is 4.42 Å². The Balaban J connectivity index is 1.73. The minimum Gasteiger partial charge on any atom is -0.419 e. The number of hydrogen-bond acceptors (Lipinski definition) is 4. The van der Waals surface area contributed by atoms with Gasteiger partial charge in [-0.05, 0) is 68.2 Å². The van der Waals surface area contributed by atoms with Crippen LogP contribution in [0.25, 0.3) is 11.5 Å². The molecule has 2 aromatic carbocycles. The Bertz CT molecular complexity index is 919. The van der Waals surface area contributed by atoms with E-state index < -0.39 is 0 Å². The maximum atomic E-state index is 13.4. The van der Waals surface area contributed by atoms with Crippen molar-refractivity contribution in [2.24, 2.45) is 0 Å². The van der Waals surface area contributed by atoms with E-state index in [0.717, 1.165) is 47.1 Å². The van der Waals surface area contributed by atoms with Crippen LogP contribution in [0.1, 0.15) is 42.3 Å². The SMILES string of the molecule is Cc1c(Br)cccc1-c1nnc(C(c2ccc(F)cc2)N2CCCCC2)o1. The summed E-state index contributed by atoms with van der Waals surface area (Å²) in [5, 5.41) is 8.68. The van der Waals surface area contributed by atoms with Gasteiger partial charge in [-0.25, -0.2) is 4.39 Å². The molecule has 6 heteroatoms. The Labute approximate surface area is 166 Å². The molecule has 0 saturated carbocycles. The first-order valence-electron chi connectivity index (χ1n) is 9.22. The second-order valence-corrected chi connectivity index (χ2v) is 7.76. The summed E-state index contributed by atoms with van der Waals surface area (Å²) in [5.41, 5.74) is 2.95. The summed E-state index contributed by atoms with van der Waals surface area (Å²) in [6, 6.07) is 12.4. The molecule has 1 saturated heterocycles. The first-order chi connectivity index (χ1) is 13.1. The van der Waals surface area contributed by atoms with Crippen LogP contribution in [-0.4, -0.2) is 28.2 Å². The number of likely N-dealkylation sites (tertiary alicyclic amines) is 1. The quantitative estimate of drug-likeness (QED) is 0.547. The molecule has 1 aromatic heterocycles. The van der Waals surface area contributed by atoms with Gasteiger partial charge in [-0.3, -0.25) is 4.90 Å². The molecule has 2 heterocycles. The highest BCUT2D eigenvalue weighted by Gasteiger charge is 2.29. The highest BCUT2D eigenvalue weighted by Crippen LogP contribution is 2.33. The maximum absolute atomic E-state index is 13.4. The lowest BCUT2D eigenvalue weighted by molar-refractivity contribution is 0.166. The average Bonchev–Trinajstić information content (AvgIpc) is 3.16. The molecule has 4 nitrogen and oxygen atoms in total. The average molecular weight is 430 g/mol. The molecule has 140 valence electrons. The van der Waals surface area contributed by atoms with Crippen LogP contribution in [0.4, 0.5) is 4.39 Å². The van der Waals surface area contributed by atoms with Crippen molar-refractivity contribution in [1.29, 1.82) is 0 Å². The van der Waals surface area contributed by atoms with Gasteiger partial charge < -0.3 is 4.42 Å². The number of halogens is 2. The summed E-state index contributed by atoms with van der Waals surface area (Å²) in [7, 11) is 0. The highest BCUT2D eigenvalue weighted by molar-refractivity contribution is 9.10. The standard InChI is InChI=1S/C21H21BrFN3O/c1-14-17(6-5-7-18(14)22)20-24-25-21(27-20)19(26-12-3-2-4-13-26)15-8-10-16(23)11-9-15/h5-11,19H,2-4,12-13H2,1H3. The summed E-state index contributed by atoms with van der Waals surface area (Å²) in [5.74, 6) is 0.818. The highest BCUT2D eigenvalue weighted by atomic mass is 79.9. The second-order valence-electron chi connectivity index (χ2n) is 6.91. The van der Waals surface area contributed by atoms with Gasteiger partial charge in [-0.1, -0.05) is 40.5 Å². The minimum atomic E-state index is -0.243. The monoisotopic (exact) mass is 429 g/mol. The maximum Gasteiger partial charge on any atom is 0.248 e. The van der Waals surface area contributed by atoms with Crippen molar-refractivity contribution in [2.45, 2.75) is 32.2 Å². The molecule has 4 rings (SSSR count). The molecule has 0 spiro atoms. The molecule has 1 aliphatic heterocycles. The minimum absolute atomic E-state index is 0.153. The van der Waals surface area contributed by atoms with Crippen molar-refractivity contribution in [3.05, 3.63) is 69.8 Å². The van der Waals surface area contributed by atoms with Gasteiger partial charge in [0.2, 0.25) is 11.8 Å².